The number of benzene rings is 1. The standard InChI is InChI=1S/C16H23NO3/c1-19-12-6-7-14(20-2)13(11-12)16(18)8-10-17-9-4-3-5-15(16)17/h6-7,11,15,18H,3-5,8-10H2,1-2H3. The van der Waals surface area contributed by atoms with Gasteiger partial charge < -0.3 is 14.6 Å². The molecule has 2 aliphatic heterocycles. The number of piperidine rings is 1. The predicted octanol–water partition coefficient (Wildman–Crippen LogP) is 2.15. The first-order valence-corrected chi connectivity index (χ1v) is 7.38. The maximum absolute atomic E-state index is 11.3. The maximum Gasteiger partial charge on any atom is 0.125 e. The zero-order valence-corrected chi connectivity index (χ0v) is 12.3. The second-order valence-corrected chi connectivity index (χ2v) is 5.79. The van der Waals surface area contributed by atoms with Crippen molar-refractivity contribution in [3.05, 3.63) is 23.8 Å². The summed E-state index contributed by atoms with van der Waals surface area (Å²) in [7, 11) is 3.31. The third-order valence-electron chi connectivity index (χ3n) is 4.82. The molecule has 2 unspecified atom stereocenters. The van der Waals surface area contributed by atoms with Crippen molar-refractivity contribution in [1.82, 2.24) is 4.90 Å². The number of rotatable bonds is 3. The molecule has 1 N–H and O–H groups in total. The molecule has 110 valence electrons. The van der Waals surface area contributed by atoms with E-state index < -0.39 is 5.60 Å². The summed E-state index contributed by atoms with van der Waals surface area (Å²) < 4.78 is 10.8. The molecule has 0 saturated carbocycles. The summed E-state index contributed by atoms with van der Waals surface area (Å²) in [4.78, 5) is 2.42. The topological polar surface area (TPSA) is 41.9 Å². The summed E-state index contributed by atoms with van der Waals surface area (Å²) in [5.41, 5.74) is 0.0501. The van der Waals surface area contributed by atoms with Crippen molar-refractivity contribution in [1.29, 1.82) is 0 Å². The van der Waals surface area contributed by atoms with Crippen LogP contribution in [0.2, 0.25) is 0 Å². The van der Waals surface area contributed by atoms with Crippen LogP contribution in [0.3, 0.4) is 0 Å². The SMILES string of the molecule is COc1ccc(OC)c(C2(O)CCN3CCCCC32)c1. The van der Waals surface area contributed by atoms with Gasteiger partial charge in [0.25, 0.3) is 0 Å². The van der Waals surface area contributed by atoms with E-state index in [4.69, 9.17) is 9.47 Å². The highest BCUT2D eigenvalue weighted by Gasteiger charge is 2.49. The van der Waals surface area contributed by atoms with Gasteiger partial charge in [0.15, 0.2) is 0 Å². The van der Waals surface area contributed by atoms with Gasteiger partial charge in [-0.25, -0.2) is 0 Å². The van der Waals surface area contributed by atoms with Crippen LogP contribution in [0.1, 0.15) is 31.2 Å². The Bertz CT molecular complexity index is 491. The fraction of sp³-hybridized carbons (Fsp3) is 0.625. The van der Waals surface area contributed by atoms with Crippen LogP contribution in [0, 0.1) is 0 Å². The van der Waals surface area contributed by atoms with Crippen molar-refractivity contribution in [3.8, 4) is 11.5 Å². The van der Waals surface area contributed by atoms with Crippen LogP contribution in [-0.4, -0.2) is 43.4 Å². The molecule has 0 amide bonds. The highest BCUT2D eigenvalue weighted by atomic mass is 16.5. The van der Waals surface area contributed by atoms with Gasteiger partial charge in [0.2, 0.25) is 0 Å². The van der Waals surface area contributed by atoms with Crippen LogP contribution >= 0.6 is 0 Å². The van der Waals surface area contributed by atoms with Gasteiger partial charge in [0.05, 0.1) is 14.2 Å². The number of aliphatic hydroxyl groups is 1. The third kappa shape index (κ3) is 2.07. The van der Waals surface area contributed by atoms with E-state index in [9.17, 15) is 5.11 Å². The molecule has 3 rings (SSSR count). The lowest BCUT2D eigenvalue weighted by atomic mass is 9.82. The Morgan fingerprint density at radius 2 is 2.05 bits per heavy atom. The van der Waals surface area contributed by atoms with Gasteiger partial charge in [-0.2, -0.15) is 0 Å². The van der Waals surface area contributed by atoms with E-state index in [0.717, 1.165) is 43.0 Å². The molecule has 2 aliphatic rings. The lowest BCUT2D eigenvalue weighted by Crippen LogP contribution is -2.45. The summed E-state index contributed by atoms with van der Waals surface area (Å²) in [6, 6.07) is 5.89. The highest BCUT2D eigenvalue weighted by molar-refractivity contribution is 5.45. The van der Waals surface area contributed by atoms with Crippen molar-refractivity contribution in [2.75, 3.05) is 27.3 Å². The van der Waals surface area contributed by atoms with Gasteiger partial charge >= 0.3 is 0 Å². The second-order valence-electron chi connectivity index (χ2n) is 5.79. The van der Waals surface area contributed by atoms with E-state index >= 15 is 0 Å². The Balaban J connectivity index is 2.02. The largest absolute Gasteiger partial charge is 0.497 e. The molecular formula is C16H23NO3. The minimum absolute atomic E-state index is 0.206. The number of methoxy groups -OCH3 is 2. The molecule has 0 aliphatic carbocycles. The molecule has 1 aromatic carbocycles. The van der Waals surface area contributed by atoms with Gasteiger partial charge in [-0.3, -0.25) is 4.90 Å². The molecule has 0 bridgehead atoms. The van der Waals surface area contributed by atoms with Crippen LogP contribution in [0.5, 0.6) is 11.5 Å². The quantitative estimate of drug-likeness (QED) is 0.919. The molecule has 2 heterocycles. The molecule has 0 radical (unpaired) electrons. The maximum atomic E-state index is 11.3. The molecule has 0 aromatic heterocycles. The number of hydrogen-bond donors (Lipinski definition) is 1. The zero-order valence-electron chi connectivity index (χ0n) is 12.3. The zero-order chi connectivity index (χ0) is 14.2. The monoisotopic (exact) mass is 277 g/mol. The van der Waals surface area contributed by atoms with Crippen molar-refractivity contribution < 1.29 is 14.6 Å². The Morgan fingerprint density at radius 3 is 2.80 bits per heavy atom. The van der Waals surface area contributed by atoms with E-state index in [1.165, 1.54) is 12.8 Å². The van der Waals surface area contributed by atoms with Crippen LogP contribution in [0.25, 0.3) is 0 Å². The van der Waals surface area contributed by atoms with Crippen molar-refractivity contribution in [2.45, 2.75) is 37.3 Å². The lowest BCUT2D eigenvalue weighted by molar-refractivity contribution is -0.0155. The van der Waals surface area contributed by atoms with Crippen molar-refractivity contribution >= 4 is 0 Å². The van der Waals surface area contributed by atoms with Gasteiger partial charge in [0, 0.05) is 18.2 Å². The normalized spacial score (nSPS) is 30.1. The summed E-state index contributed by atoms with van der Waals surface area (Å²) in [6.45, 7) is 2.06. The average molecular weight is 277 g/mol. The molecule has 2 fully saturated rings. The van der Waals surface area contributed by atoms with Crippen molar-refractivity contribution in [2.24, 2.45) is 0 Å². The summed E-state index contributed by atoms with van der Waals surface area (Å²) in [5, 5.41) is 11.3. The Labute approximate surface area is 120 Å². The molecule has 2 saturated heterocycles. The van der Waals surface area contributed by atoms with Crippen molar-refractivity contribution in [3.63, 3.8) is 0 Å². The Kier molecular flexibility index (Phi) is 3.61. The van der Waals surface area contributed by atoms with Crippen LogP contribution in [0.15, 0.2) is 18.2 Å². The summed E-state index contributed by atoms with van der Waals surface area (Å²) in [6.07, 6.45) is 4.25. The first kappa shape index (κ1) is 13.7. The predicted molar refractivity (Wildman–Crippen MR) is 77.3 cm³/mol. The van der Waals surface area contributed by atoms with Gasteiger partial charge in [-0.1, -0.05) is 6.42 Å². The fourth-order valence-corrected chi connectivity index (χ4v) is 3.75. The van der Waals surface area contributed by atoms with E-state index in [0.29, 0.717) is 0 Å². The first-order chi connectivity index (χ1) is 9.69. The molecule has 4 nitrogen and oxygen atoms in total. The molecule has 20 heavy (non-hydrogen) atoms. The molecule has 4 heteroatoms. The fourth-order valence-electron chi connectivity index (χ4n) is 3.75. The number of nitrogens with zero attached hydrogens (tertiary/aromatic N) is 1. The van der Waals surface area contributed by atoms with Gasteiger partial charge in [-0.05, 0) is 44.0 Å². The Morgan fingerprint density at radius 1 is 1.20 bits per heavy atom. The van der Waals surface area contributed by atoms with Crippen LogP contribution < -0.4 is 9.47 Å². The average Bonchev–Trinajstić information content (AvgIpc) is 2.85. The van der Waals surface area contributed by atoms with Crippen LogP contribution in [0.4, 0.5) is 0 Å². The molecular weight excluding hydrogens is 254 g/mol. The lowest BCUT2D eigenvalue weighted by Gasteiger charge is -2.38. The van der Waals surface area contributed by atoms with E-state index in [-0.39, 0.29) is 6.04 Å². The Hall–Kier alpha value is -1.26. The minimum atomic E-state index is -0.819. The number of hydrogen-bond acceptors (Lipinski definition) is 4. The highest BCUT2D eigenvalue weighted by Crippen LogP contribution is 2.46. The summed E-state index contributed by atoms with van der Waals surface area (Å²) >= 11 is 0. The summed E-state index contributed by atoms with van der Waals surface area (Å²) in [5.74, 6) is 1.52. The van der Waals surface area contributed by atoms with Crippen LogP contribution in [-0.2, 0) is 5.60 Å². The smallest absolute Gasteiger partial charge is 0.125 e. The second kappa shape index (κ2) is 5.26. The third-order valence-corrected chi connectivity index (χ3v) is 4.82. The minimum Gasteiger partial charge on any atom is -0.497 e. The molecule has 1 aromatic rings. The van der Waals surface area contributed by atoms with Gasteiger partial charge in [-0.15, -0.1) is 0 Å². The van der Waals surface area contributed by atoms with E-state index in [1.807, 2.05) is 18.2 Å². The van der Waals surface area contributed by atoms with E-state index in [2.05, 4.69) is 4.90 Å². The first-order valence-electron chi connectivity index (χ1n) is 7.38. The van der Waals surface area contributed by atoms with E-state index in [1.54, 1.807) is 14.2 Å². The number of fused-ring (bicyclic) bond motifs is 1. The molecule has 0 spiro atoms. The molecule has 2 atom stereocenters. The number of ether oxygens (including phenoxy) is 2. The van der Waals surface area contributed by atoms with Gasteiger partial charge in [0.1, 0.15) is 17.1 Å².